The van der Waals surface area contributed by atoms with E-state index in [4.69, 9.17) is 0 Å². The van der Waals surface area contributed by atoms with Gasteiger partial charge >= 0.3 is 4.87 Å². The highest BCUT2D eigenvalue weighted by Crippen LogP contribution is 2.18. The van der Waals surface area contributed by atoms with E-state index in [9.17, 15) is 9.59 Å². The molecule has 0 unspecified atom stereocenters. The lowest BCUT2D eigenvalue weighted by Gasteiger charge is -2.21. The highest BCUT2D eigenvalue weighted by atomic mass is 32.1. The molecule has 23 heavy (non-hydrogen) atoms. The summed E-state index contributed by atoms with van der Waals surface area (Å²) in [6.07, 6.45) is 0.309. The second kappa shape index (κ2) is 6.79. The summed E-state index contributed by atoms with van der Waals surface area (Å²) in [5.41, 5.74) is 1.79. The van der Waals surface area contributed by atoms with Crippen LogP contribution in [0.15, 0.2) is 59.4 Å². The van der Waals surface area contributed by atoms with Crippen LogP contribution in [-0.2, 0) is 11.3 Å². The van der Waals surface area contributed by atoms with Gasteiger partial charge in [-0.3, -0.25) is 14.2 Å². The predicted molar refractivity (Wildman–Crippen MR) is 95.2 cm³/mol. The van der Waals surface area contributed by atoms with Crippen molar-refractivity contribution in [1.82, 2.24) is 4.57 Å². The Labute approximate surface area is 138 Å². The Hall–Kier alpha value is -2.40. The summed E-state index contributed by atoms with van der Waals surface area (Å²) in [7, 11) is 0. The first-order valence-corrected chi connectivity index (χ1v) is 8.46. The predicted octanol–water partition coefficient (Wildman–Crippen LogP) is 3.51. The third kappa shape index (κ3) is 3.19. The third-order valence-corrected chi connectivity index (χ3v) is 4.77. The molecule has 2 aromatic carbocycles. The number of hydrogen-bond acceptors (Lipinski definition) is 3. The first-order chi connectivity index (χ1) is 11.2. The Morgan fingerprint density at radius 1 is 1.09 bits per heavy atom. The van der Waals surface area contributed by atoms with Gasteiger partial charge in [0.2, 0.25) is 5.91 Å². The molecule has 118 valence electrons. The Bertz CT molecular complexity index is 867. The molecule has 3 aromatic rings. The van der Waals surface area contributed by atoms with Gasteiger partial charge in [0.25, 0.3) is 0 Å². The Balaban J connectivity index is 1.78. The highest BCUT2D eigenvalue weighted by molar-refractivity contribution is 7.16. The standard InChI is InChI=1S/C18H18N2O2S/c1-2-19(14-8-4-3-5-9-14)17(21)12-13-20-15-10-6-7-11-16(15)23-18(20)22/h3-11H,2,12-13H2,1H3. The van der Waals surface area contributed by atoms with Crippen LogP contribution in [0.3, 0.4) is 0 Å². The van der Waals surface area contributed by atoms with Crippen molar-refractivity contribution in [2.45, 2.75) is 19.9 Å². The Kier molecular flexibility index (Phi) is 4.57. The molecule has 1 amide bonds. The molecule has 0 saturated heterocycles. The number of fused-ring (bicyclic) bond motifs is 1. The van der Waals surface area contributed by atoms with Crippen molar-refractivity contribution in [3.8, 4) is 0 Å². The van der Waals surface area contributed by atoms with Crippen molar-refractivity contribution in [3.05, 3.63) is 64.3 Å². The number of aryl methyl sites for hydroxylation is 1. The molecule has 0 atom stereocenters. The molecule has 0 bridgehead atoms. The number of rotatable bonds is 5. The molecule has 3 rings (SSSR count). The Morgan fingerprint density at radius 3 is 2.52 bits per heavy atom. The lowest BCUT2D eigenvalue weighted by Crippen LogP contribution is -2.31. The fourth-order valence-corrected chi connectivity index (χ4v) is 3.60. The average Bonchev–Trinajstić information content (AvgIpc) is 2.90. The van der Waals surface area contributed by atoms with Gasteiger partial charge in [0, 0.05) is 25.2 Å². The van der Waals surface area contributed by atoms with Crippen molar-refractivity contribution < 1.29 is 4.79 Å². The van der Waals surface area contributed by atoms with Gasteiger partial charge in [-0.25, -0.2) is 0 Å². The van der Waals surface area contributed by atoms with Crippen molar-refractivity contribution in [1.29, 1.82) is 0 Å². The molecule has 0 aliphatic heterocycles. The van der Waals surface area contributed by atoms with Crippen molar-refractivity contribution >= 4 is 33.1 Å². The van der Waals surface area contributed by atoms with Crippen LogP contribution >= 0.6 is 11.3 Å². The quantitative estimate of drug-likeness (QED) is 0.720. The molecule has 5 heteroatoms. The van der Waals surface area contributed by atoms with Gasteiger partial charge in [0.15, 0.2) is 0 Å². The number of benzene rings is 2. The monoisotopic (exact) mass is 326 g/mol. The van der Waals surface area contributed by atoms with Crippen LogP contribution in [0.25, 0.3) is 10.2 Å². The molecule has 0 saturated carbocycles. The minimum atomic E-state index is -0.0123. The zero-order chi connectivity index (χ0) is 16.2. The second-order valence-corrected chi connectivity index (χ2v) is 6.20. The maximum Gasteiger partial charge on any atom is 0.308 e. The summed E-state index contributed by atoms with van der Waals surface area (Å²) < 4.78 is 2.65. The smallest absolute Gasteiger partial charge is 0.308 e. The maximum absolute atomic E-state index is 12.5. The molecule has 0 N–H and O–H groups in total. The van der Waals surface area contributed by atoms with Crippen LogP contribution in [0.1, 0.15) is 13.3 Å². The molecule has 0 aliphatic carbocycles. The number of hydrogen-bond donors (Lipinski definition) is 0. The summed E-state index contributed by atoms with van der Waals surface area (Å²) in [6, 6.07) is 17.3. The van der Waals surface area contributed by atoms with Gasteiger partial charge < -0.3 is 4.90 Å². The normalized spacial score (nSPS) is 10.8. The lowest BCUT2D eigenvalue weighted by molar-refractivity contribution is -0.118. The van der Waals surface area contributed by atoms with Crippen LogP contribution in [0.4, 0.5) is 5.69 Å². The number of carbonyl (C=O) groups excluding carboxylic acids is 1. The number of anilines is 1. The summed E-state index contributed by atoms with van der Waals surface area (Å²) >= 11 is 1.22. The fourth-order valence-electron chi connectivity index (χ4n) is 2.68. The van der Waals surface area contributed by atoms with E-state index in [1.165, 1.54) is 11.3 Å². The molecule has 0 aliphatic rings. The minimum absolute atomic E-state index is 0.0123. The molecule has 4 nitrogen and oxygen atoms in total. The first kappa shape index (κ1) is 15.5. The Morgan fingerprint density at radius 2 is 1.78 bits per heavy atom. The van der Waals surface area contributed by atoms with Gasteiger partial charge in [-0.2, -0.15) is 0 Å². The molecular weight excluding hydrogens is 308 g/mol. The maximum atomic E-state index is 12.5. The molecule has 1 aromatic heterocycles. The van der Waals surface area contributed by atoms with E-state index < -0.39 is 0 Å². The highest BCUT2D eigenvalue weighted by Gasteiger charge is 2.15. The molecule has 0 radical (unpaired) electrons. The zero-order valence-corrected chi connectivity index (χ0v) is 13.8. The molecular formula is C18H18N2O2S. The minimum Gasteiger partial charge on any atom is -0.313 e. The summed E-state index contributed by atoms with van der Waals surface area (Å²) in [5.74, 6) is 0.0286. The van der Waals surface area contributed by atoms with Crippen LogP contribution in [0.2, 0.25) is 0 Å². The number of amides is 1. The SMILES string of the molecule is CCN(C(=O)CCn1c(=O)sc2ccccc21)c1ccccc1. The van der Waals surface area contributed by atoms with Crippen LogP contribution in [0, 0.1) is 0 Å². The number of thiazole rings is 1. The lowest BCUT2D eigenvalue weighted by atomic mass is 10.2. The van der Waals surface area contributed by atoms with Crippen LogP contribution < -0.4 is 9.77 Å². The molecule has 0 spiro atoms. The number of nitrogens with zero attached hydrogens (tertiary/aromatic N) is 2. The average molecular weight is 326 g/mol. The van der Waals surface area contributed by atoms with Gasteiger partial charge in [0.05, 0.1) is 10.2 Å². The molecule has 0 fully saturated rings. The van der Waals surface area contributed by atoms with Gasteiger partial charge in [-0.05, 0) is 31.2 Å². The number of aromatic nitrogens is 1. The van der Waals surface area contributed by atoms with Gasteiger partial charge in [-0.1, -0.05) is 41.7 Å². The van der Waals surface area contributed by atoms with Crippen molar-refractivity contribution in [2.24, 2.45) is 0 Å². The van der Waals surface area contributed by atoms with E-state index in [-0.39, 0.29) is 10.8 Å². The van der Waals surface area contributed by atoms with E-state index >= 15 is 0 Å². The van der Waals surface area contributed by atoms with Gasteiger partial charge in [-0.15, -0.1) is 0 Å². The summed E-state index contributed by atoms with van der Waals surface area (Å²) in [5, 5.41) is 0. The third-order valence-electron chi connectivity index (χ3n) is 3.81. The summed E-state index contributed by atoms with van der Waals surface area (Å²) in [6.45, 7) is 2.98. The number of carbonyl (C=O) groups is 1. The van der Waals surface area contributed by atoms with E-state index in [2.05, 4.69) is 0 Å². The van der Waals surface area contributed by atoms with E-state index in [0.717, 1.165) is 15.9 Å². The van der Waals surface area contributed by atoms with Crippen molar-refractivity contribution in [3.63, 3.8) is 0 Å². The zero-order valence-electron chi connectivity index (χ0n) is 12.9. The number of para-hydroxylation sites is 2. The van der Waals surface area contributed by atoms with E-state index in [1.54, 1.807) is 9.47 Å². The first-order valence-electron chi connectivity index (χ1n) is 7.64. The van der Waals surface area contributed by atoms with E-state index in [0.29, 0.717) is 19.5 Å². The van der Waals surface area contributed by atoms with E-state index in [1.807, 2.05) is 61.5 Å². The second-order valence-electron chi connectivity index (χ2n) is 5.21. The fraction of sp³-hybridized carbons (Fsp3) is 0.222. The van der Waals surface area contributed by atoms with Crippen LogP contribution in [-0.4, -0.2) is 17.0 Å². The summed E-state index contributed by atoms with van der Waals surface area (Å²) in [4.78, 5) is 26.4. The topological polar surface area (TPSA) is 42.3 Å². The van der Waals surface area contributed by atoms with Gasteiger partial charge in [0.1, 0.15) is 0 Å². The van der Waals surface area contributed by atoms with Crippen LogP contribution in [0.5, 0.6) is 0 Å². The molecule has 1 heterocycles. The largest absolute Gasteiger partial charge is 0.313 e. The van der Waals surface area contributed by atoms with Crippen molar-refractivity contribution in [2.75, 3.05) is 11.4 Å².